The molecule has 0 aromatic heterocycles. The van der Waals surface area contributed by atoms with Crippen LogP contribution in [0.4, 0.5) is 0 Å². The molecule has 0 saturated heterocycles. The number of aliphatic hydroxyl groups is 1. The maximum Gasteiger partial charge on any atom is 0.241 e. The Morgan fingerprint density at radius 2 is 1.71 bits per heavy atom. The second kappa shape index (κ2) is 5.75. The smallest absolute Gasteiger partial charge is 0.241 e. The highest BCUT2D eigenvalue weighted by atomic mass is 35.5. The van der Waals surface area contributed by atoms with Gasteiger partial charge in [-0.1, -0.05) is 0 Å². The van der Waals surface area contributed by atoms with Gasteiger partial charge in [0.05, 0.1) is 6.10 Å². The van der Waals surface area contributed by atoms with Gasteiger partial charge in [0.15, 0.2) is 14.6 Å². The SMILES string of the molecule is CC(O)C(C)(C(N)=O)S(C)(=O)=O.Cl.Cl. The summed E-state index contributed by atoms with van der Waals surface area (Å²) in [6.07, 6.45) is -0.449. The van der Waals surface area contributed by atoms with Crippen LogP contribution in [-0.4, -0.2) is 36.5 Å². The van der Waals surface area contributed by atoms with Crippen molar-refractivity contribution in [2.75, 3.05) is 6.26 Å². The zero-order valence-corrected chi connectivity index (χ0v) is 10.5. The van der Waals surface area contributed by atoms with Crippen LogP contribution < -0.4 is 5.73 Å². The number of rotatable bonds is 3. The molecular formula is C6H15Cl2NO4S. The molecule has 0 heterocycles. The molecule has 88 valence electrons. The Labute approximate surface area is 95.8 Å². The van der Waals surface area contributed by atoms with E-state index in [1.54, 1.807) is 0 Å². The number of carbonyl (C=O) groups excluding carboxylic acids is 1. The van der Waals surface area contributed by atoms with E-state index in [4.69, 9.17) is 10.8 Å². The van der Waals surface area contributed by atoms with E-state index < -0.39 is 26.6 Å². The van der Waals surface area contributed by atoms with Gasteiger partial charge in [0, 0.05) is 6.26 Å². The van der Waals surface area contributed by atoms with Gasteiger partial charge in [-0.2, -0.15) is 0 Å². The van der Waals surface area contributed by atoms with E-state index in [1.165, 1.54) is 6.92 Å². The van der Waals surface area contributed by atoms with Gasteiger partial charge < -0.3 is 10.8 Å². The maximum absolute atomic E-state index is 11.1. The van der Waals surface area contributed by atoms with Crippen LogP contribution in [0.3, 0.4) is 0 Å². The van der Waals surface area contributed by atoms with Crippen LogP contribution in [0.25, 0.3) is 0 Å². The molecule has 0 aliphatic rings. The summed E-state index contributed by atoms with van der Waals surface area (Å²) in [4.78, 5) is 10.8. The van der Waals surface area contributed by atoms with E-state index in [-0.39, 0.29) is 24.8 Å². The Kier molecular flexibility index (Phi) is 8.01. The van der Waals surface area contributed by atoms with Crippen LogP contribution in [0.5, 0.6) is 0 Å². The molecule has 2 unspecified atom stereocenters. The van der Waals surface area contributed by atoms with Crippen LogP contribution in [0, 0.1) is 0 Å². The zero-order chi connectivity index (χ0) is 10.2. The standard InChI is InChI=1S/C6H13NO4S.2ClH/c1-4(8)6(2,5(7)9)12(3,10)11;;/h4,8H,1-3H3,(H2,7,9);2*1H. The van der Waals surface area contributed by atoms with Crippen molar-refractivity contribution in [1.82, 2.24) is 0 Å². The van der Waals surface area contributed by atoms with Gasteiger partial charge in [-0.3, -0.25) is 4.79 Å². The predicted molar refractivity (Wildman–Crippen MR) is 58.6 cm³/mol. The van der Waals surface area contributed by atoms with Crippen molar-refractivity contribution in [3.8, 4) is 0 Å². The van der Waals surface area contributed by atoms with Crippen molar-refractivity contribution in [3.63, 3.8) is 0 Å². The molecule has 8 heteroatoms. The van der Waals surface area contributed by atoms with Crippen LogP contribution >= 0.6 is 24.8 Å². The second-order valence-electron chi connectivity index (χ2n) is 2.92. The first-order chi connectivity index (χ1) is 5.14. The fourth-order valence-corrected chi connectivity index (χ4v) is 1.68. The Morgan fingerprint density at radius 1 is 1.43 bits per heavy atom. The van der Waals surface area contributed by atoms with Crippen molar-refractivity contribution in [3.05, 3.63) is 0 Å². The normalized spacial score (nSPS) is 16.9. The summed E-state index contributed by atoms with van der Waals surface area (Å²) in [7, 11) is -3.69. The summed E-state index contributed by atoms with van der Waals surface area (Å²) >= 11 is 0. The Bertz CT molecular complexity index is 290. The molecule has 1 amide bonds. The minimum atomic E-state index is -3.69. The molecule has 0 rings (SSSR count). The highest BCUT2D eigenvalue weighted by molar-refractivity contribution is 7.92. The van der Waals surface area contributed by atoms with Crippen molar-refractivity contribution in [2.24, 2.45) is 5.73 Å². The van der Waals surface area contributed by atoms with Gasteiger partial charge in [-0.05, 0) is 13.8 Å². The van der Waals surface area contributed by atoms with Crippen molar-refractivity contribution >= 4 is 40.6 Å². The van der Waals surface area contributed by atoms with Crippen molar-refractivity contribution < 1.29 is 18.3 Å². The summed E-state index contributed by atoms with van der Waals surface area (Å²) in [5.74, 6) is -1.04. The summed E-state index contributed by atoms with van der Waals surface area (Å²) in [6.45, 7) is 2.32. The van der Waals surface area contributed by atoms with Gasteiger partial charge in [0.1, 0.15) is 0 Å². The van der Waals surface area contributed by atoms with Crippen LogP contribution in [0.2, 0.25) is 0 Å². The van der Waals surface area contributed by atoms with Gasteiger partial charge in [0.25, 0.3) is 0 Å². The monoisotopic (exact) mass is 267 g/mol. The third-order valence-electron chi connectivity index (χ3n) is 2.06. The fourth-order valence-electron chi connectivity index (χ4n) is 0.698. The molecule has 0 aromatic carbocycles. The zero-order valence-electron chi connectivity index (χ0n) is 8.05. The molecule has 0 aromatic rings. The van der Waals surface area contributed by atoms with Gasteiger partial charge in [-0.15, -0.1) is 24.8 Å². The number of primary amides is 1. The lowest BCUT2D eigenvalue weighted by Crippen LogP contribution is -2.54. The summed E-state index contributed by atoms with van der Waals surface area (Å²) < 4.78 is 20.3. The van der Waals surface area contributed by atoms with Crippen molar-refractivity contribution in [2.45, 2.75) is 24.7 Å². The number of hydrogen-bond acceptors (Lipinski definition) is 4. The number of carbonyl (C=O) groups is 1. The molecule has 5 nitrogen and oxygen atoms in total. The minimum Gasteiger partial charge on any atom is -0.391 e. The van der Waals surface area contributed by atoms with Crippen molar-refractivity contribution in [1.29, 1.82) is 0 Å². The minimum absolute atomic E-state index is 0. The molecule has 0 aliphatic heterocycles. The summed E-state index contributed by atoms with van der Waals surface area (Å²) in [5, 5.41) is 9.10. The molecular weight excluding hydrogens is 253 g/mol. The lowest BCUT2D eigenvalue weighted by atomic mass is 10.1. The lowest BCUT2D eigenvalue weighted by molar-refractivity contribution is -0.122. The number of aliphatic hydroxyl groups excluding tert-OH is 1. The topological polar surface area (TPSA) is 97.5 Å². The van der Waals surface area contributed by atoms with Gasteiger partial charge >= 0.3 is 0 Å². The first-order valence-corrected chi connectivity index (χ1v) is 5.20. The number of halogens is 2. The largest absolute Gasteiger partial charge is 0.391 e. The number of amides is 1. The molecule has 0 saturated carbocycles. The van der Waals surface area contributed by atoms with E-state index in [9.17, 15) is 13.2 Å². The molecule has 0 aliphatic carbocycles. The Hall–Kier alpha value is -0.0400. The summed E-state index contributed by atoms with van der Waals surface area (Å²) in [5.41, 5.74) is 4.88. The molecule has 14 heavy (non-hydrogen) atoms. The van der Waals surface area contributed by atoms with E-state index in [1.807, 2.05) is 0 Å². The number of nitrogens with two attached hydrogens (primary N) is 1. The van der Waals surface area contributed by atoms with E-state index in [0.29, 0.717) is 0 Å². The Balaban J connectivity index is -0.000000605. The van der Waals surface area contributed by atoms with Gasteiger partial charge in [0.2, 0.25) is 5.91 Å². The fraction of sp³-hybridized carbons (Fsp3) is 0.833. The highest BCUT2D eigenvalue weighted by Gasteiger charge is 2.46. The highest BCUT2D eigenvalue weighted by Crippen LogP contribution is 2.20. The molecule has 0 fully saturated rings. The first-order valence-electron chi connectivity index (χ1n) is 3.31. The van der Waals surface area contributed by atoms with Crippen LogP contribution in [0.15, 0.2) is 0 Å². The van der Waals surface area contributed by atoms with E-state index >= 15 is 0 Å². The molecule has 2 atom stereocenters. The molecule has 0 radical (unpaired) electrons. The predicted octanol–water partition coefficient (Wildman–Crippen LogP) is -0.501. The van der Waals surface area contributed by atoms with E-state index in [2.05, 4.69) is 0 Å². The maximum atomic E-state index is 11.1. The third-order valence-corrected chi connectivity index (χ3v) is 4.14. The number of hydrogen-bond donors (Lipinski definition) is 2. The second-order valence-corrected chi connectivity index (χ2v) is 5.31. The molecule has 3 N–H and O–H groups in total. The first kappa shape index (κ1) is 19.5. The van der Waals surface area contributed by atoms with E-state index in [0.717, 1.165) is 13.2 Å². The quantitative estimate of drug-likeness (QED) is 0.721. The lowest BCUT2D eigenvalue weighted by Gasteiger charge is -2.26. The average Bonchev–Trinajstić information content (AvgIpc) is 1.82. The third kappa shape index (κ3) is 3.27. The molecule has 0 bridgehead atoms. The van der Waals surface area contributed by atoms with Crippen LogP contribution in [0.1, 0.15) is 13.8 Å². The number of sulfone groups is 1. The average molecular weight is 268 g/mol. The summed E-state index contributed by atoms with van der Waals surface area (Å²) in [6, 6.07) is 0. The molecule has 0 spiro atoms. The van der Waals surface area contributed by atoms with Gasteiger partial charge in [-0.25, -0.2) is 8.42 Å². The van der Waals surface area contributed by atoms with Crippen LogP contribution in [-0.2, 0) is 14.6 Å². The Morgan fingerprint density at radius 3 is 1.71 bits per heavy atom.